The third-order valence-electron chi connectivity index (χ3n) is 2.80. The average molecular weight is 345 g/mol. The van der Waals surface area contributed by atoms with Crippen molar-refractivity contribution in [1.29, 1.82) is 0 Å². The molecule has 112 valence electrons. The van der Waals surface area contributed by atoms with Gasteiger partial charge in [-0.1, -0.05) is 23.2 Å². The molecule has 1 fully saturated rings. The molecule has 1 aromatic carbocycles. The van der Waals surface area contributed by atoms with Crippen molar-refractivity contribution in [1.82, 2.24) is 4.90 Å². The molecule has 0 bridgehead atoms. The number of halogens is 2. The first-order valence-electron chi connectivity index (χ1n) is 6.24. The molecule has 0 aliphatic carbocycles. The largest absolute Gasteiger partial charge is 0.491 e. The summed E-state index contributed by atoms with van der Waals surface area (Å²) in [6.45, 7) is 2.34. The van der Waals surface area contributed by atoms with Gasteiger partial charge in [0, 0.05) is 14.1 Å². The maximum Gasteiger partial charge on any atom is 0.266 e. The molecule has 21 heavy (non-hydrogen) atoms. The lowest BCUT2D eigenvalue weighted by Crippen LogP contribution is -2.23. The van der Waals surface area contributed by atoms with Crippen LogP contribution in [0.4, 0.5) is 0 Å². The van der Waals surface area contributed by atoms with Gasteiger partial charge in [0.05, 0.1) is 21.6 Å². The van der Waals surface area contributed by atoms with Crippen LogP contribution in [0.1, 0.15) is 12.5 Å². The van der Waals surface area contributed by atoms with Crippen molar-refractivity contribution in [2.45, 2.75) is 6.92 Å². The van der Waals surface area contributed by atoms with Crippen molar-refractivity contribution < 1.29 is 9.53 Å². The van der Waals surface area contributed by atoms with Crippen molar-refractivity contribution in [2.24, 2.45) is 4.99 Å². The number of hydrogen-bond donors (Lipinski definition) is 0. The summed E-state index contributed by atoms with van der Waals surface area (Å²) >= 11 is 13.6. The number of amidine groups is 1. The number of amides is 1. The normalized spacial score (nSPS) is 18.9. The van der Waals surface area contributed by atoms with Gasteiger partial charge in [0.25, 0.3) is 5.91 Å². The number of nitrogens with zero attached hydrogens (tertiary/aromatic N) is 2. The molecule has 2 rings (SSSR count). The van der Waals surface area contributed by atoms with Crippen LogP contribution in [0.15, 0.2) is 22.0 Å². The Kier molecular flexibility index (Phi) is 5.19. The van der Waals surface area contributed by atoms with Gasteiger partial charge >= 0.3 is 0 Å². The van der Waals surface area contributed by atoms with Crippen molar-refractivity contribution in [3.8, 4) is 5.75 Å². The second-order valence-corrected chi connectivity index (χ2v) is 6.05. The fourth-order valence-electron chi connectivity index (χ4n) is 1.85. The van der Waals surface area contributed by atoms with Crippen LogP contribution in [0, 0.1) is 0 Å². The van der Waals surface area contributed by atoms with E-state index in [1.807, 2.05) is 6.92 Å². The zero-order valence-electron chi connectivity index (χ0n) is 11.8. The summed E-state index contributed by atoms with van der Waals surface area (Å²) < 4.78 is 5.38. The van der Waals surface area contributed by atoms with Gasteiger partial charge in [-0.3, -0.25) is 14.7 Å². The molecule has 1 aliphatic rings. The van der Waals surface area contributed by atoms with E-state index in [1.54, 1.807) is 32.3 Å². The van der Waals surface area contributed by atoms with Gasteiger partial charge in [0.1, 0.15) is 0 Å². The molecule has 7 heteroatoms. The van der Waals surface area contributed by atoms with Gasteiger partial charge in [0.15, 0.2) is 10.9 Å². The van der Waals surface area contributed by atoms with Crippen molar-refractivity contribution >= 4 is 52.1 Å². The first-order valence-corrected chi connectivity index (χ1v) is 7.81. The molecular weight excluding hydrogens is 331 g/mol. The summed E-state index contributed by atoms with van der Waals surface area (Å²) in [5.74, 6) is 0.364. The molecular formula is C14H14Cl2N2O2S. The topological polar surface area (TPSA) is 41.9 Å². The number of rotatable bonds is 3. The molecule has 0 N–H and O–H groups in total. The maximum absolute atomic E-state index is 12.1. The predicted octanol–water partition coefficient (Wildman–Crippen LogP) is 3.92. The van der Waals surface area contributed by atoms with Gasteiger partial charge < -0.3 is 4.74 Å². The Morgan fingerprint density at radius 3 is 2.48 bits per heavy atom. The molecule has 0 radical (unpaired) electrons. The van der Waals surface area contributed by atoms with E-state index in [0.29, 0.717) is 32.5 Å². The first-order chi connectivity index (χ1) is 9.97. The Balaban J connectivity index is 2.36. The number of aliphatic imine (C=N–C) groups is 1. The minimum absolute atomic E-state index is 0.0956. The lowest BCUT2D eigenvalue weighted by atomic mass is 10.2. The number of benzene rings is 1. The van der Waals surface area contributed by atoms with Gasteiger partial charge in [0.2, 0.25) is 0 Å². The summed E-state index contributed by atoms with van der Waals surface area (Å²) in [6.07, 6.45) is 1.75. The molecule has 0 spiro atoms. The Bertz CT molecular complexity index is 621. The second kappa shape index (κ2) is 6.73. The van der Waals surface area contributed by atoms with Gasteiger partial charge in [-0.25, -0.2) is 0 Å². The SMILES string of the molecule is CCOc1c(Cl)cc(/C=C2/SC(=NC)N(C)C2=O)cc1Cl. The van der Waals surface area contributed by atoms with Crippen molar-refractivity contribution in [3.63, 3.8) is 0 Å². The third kappa shape index (κ3) is 3.36. The molecule has 1 saturated heterocycles. The number of ether oxygens (including phenoxy) is 1. The molecule has 0 unspecified atom stereocenters. The van der Waals surface area contributed by atoms with Crippen LogP contribution in [0.5, 0.6) is 5.75 Å². The Labute approximate surface area is 137 Å². The van der Waals surface area contributed by atoms with Gasteiger partial charge in [-0.05, 0) is 42.5 Å². The summed E-state index contributed by atoms with van der Waals surface area (Å²) in [5, 5.41) is 1.50. The Morgan fingerprint density at radius 2 is 2.00 bits per heavy atom. The molecule has 0 atom stereocenters. The zero-order chi connectivity index (χ0) is 15.6. The summed E-state index contributed by atoms with van der Waals surface area (Å²) in [5.41, 5.74) is 0.745. The smallest absolute Gasteiger partial charge is 0.266 e. The highest BCUT2D eigenvalue weighted by atomic mass is 35.5. The van der Waals surface area contributed by atoms with E-state index in [4.69, 9.17) is 27.9 Å². The van der Waals surface area contributed by atoms with Crippen LogP contribution in [0.2, 0.25) is 10.0 Å². The quantitative estimate of drug-likeness (QED) is 0.780. The van der Waals surface area contributed by atoms with E-state index in [9.17, 15) is 4.79 Å². The van der Waals surface area contributed by atoms with E-state index >= 15 is 0 Å². The van der Waals surface area contributed by atoms with Crippen LogP contribution < -0.4 is 4.74 Å². The third-order valence-corrected chi connectivity index (χ3v) is 4.51. The predicted molar refractivity (Wildman–Crippen MR) is 89.3 cm³/mol. The fourth-order valence-corrected chi connectivity index (χ4v) is 3.39. The Hall–Kier alpha value is -1.17. The summed E-state index contributed by atoms with van der Waals surface area (Å²) in [4.78, 5) is 18.2. The van der Waals surface area contributed by atoms with Crippen LogP contribution in [-0.4, -0.2) is 36.7 Å². The lowest BCUT2D eigenvalue weighted by Gasteiger charge is -2.09. The molecule has 4 nitrogen and oxygen atoms in total. The molecule has 1 amide bonds. The molecule has 1 heterocycles. The van der Waals surface area contributed by atoms with E-state index in [2.05, 4.69) is 4.99 Å². The lowest BCUT2D eigenvalue weighted by molar-refractivity contribution is -0.121. The first kappa shape index (κ1) is 16.2. The zero-order valence-corrected chi connectivity index (χ0v) is 14.1. The number of thioether (sulfide) groups is 1. The monoisotopic (exact) mass is 344 g/mol. The Morgan fingerprint density at radius 1 is 1.38 bits per heavy atom. The second-order valence-electron chi connectivity index (χ2n) is 4.23. The standard InChI is InChI=1S/C14H14Cl2N2O2S/c1-4-20-12-9(15)5-8(6-10(12)16)7-11-13(19)18(3)14(17-2)21-11/h5-7H,4H2,1-3H3/b11-7+,17-14?. The van der Waals surface area contributed by atoms with E-state index in [-0.39, 0.29) is 5.91 Å². The summed E-state index contributed by atoms with van der Waals surface area (Å²) in [6, 6.07) is 3.45. The van der Waals surface area contributed by atoms with Gasteiger partial charge in [-0.15, -0.1) is 0 Å². The average Bonchev–Trinajstić information content (AvgIpc) is 2.71. The highest BCUT2D eigenvalue weighted by Crippen LogP contribution is 2.37. The number of hydrogen-bond acceptors (Lipinski definition) is 4. The van der Waals surface area contributed by atoms with Crippen LogP contribution in [0.25, 0.3) is 6.08 Å². The molecule has 1 aromatic rings. The maximum atomic E-state index is 12.1. The molecule has 0 saturated carbocycles. The van der Waals surface area contributed by atoms with Crippen molar-refractivity contribution in [2.75, 3.05) is 20.7 Å². The van der Waals surface area contributed by atoms with Crippen molar-refractivity contribution in [3.05, 3.63) is 32.6 Å². The molecule has 1 aliphatic heterocycles. The molecule has 0 aromatic heterocycles. The van der Waals surface area contributed by atoms with E-state index in [1.165, 1.54) is 16.7 Å². The fraction of sp³-hybridized carbons (Fsp3) is 0.286. The van der Waals surface area contributed by atoms with Crippen LogP contribution >= 0.6 is 35.0 Å². The number of carbonyl (C=O) groups excluding carboxylic acids is 1. The number of carbonyl (C=O) groups is 1. The van der Waals surface area contributed by atoms with Gasteiger partial charge in [-0.2, -0.15) is 0 Å². The summed E-state index contributed by atoms with van der Waals surface area (Å²) in [7, 11) is 3.34. The van der Waals surface area contributed by atoms with E-state index in [0.717, 1.165) is 5.56 Å². The van der Waals surface area contributed by atoms with Crippen LogP contribution in [-0.2, 0) is 4.79 Å². The minimum atomic E-state index is -0.0956. The highest BCUT2D eigenvalue weighted by molar-refractivity contribution is 8.18. The minimum Gasteiger partial charge on any atom is -0.491 e. The highest BCUT2D eigenvalue weighted by Gasteiger charge is 2.29. The number of likely N-dealkylation sites (N-methyl/N-ethyl adjacent to an activating group) is 1. The van der Waals surface area contributed by atoms with Crippen LogP contribution in [0.3, 0.4) is 0 Å². The van der Waals surface area contributed by atoms with E-state index < -0.39 is 0 Å².